The van der Waals surface area contributed by atoms with E-state index in [4.69, 9.17) is 0 Å². The van der Waals surface area contributed by atoms with Gasteiger partial charge in [-0.05, 0) is 31.7 Å². The summed E-state index contributed by atoms with van der Waals surface area (Å²) in [6.45, 7) is 2.06. The quantitative estimate of drug-likeness (QED) is 0.534. The SMILES string of the molecule is Cc1ncnc2c1CCC2. The van der Waals surface area contributed by atoms with Gasteiger partial charge in [-0.25, -0.2) is 9.97 Å². The molecule has 0 N–H and O–H groups in total. The Bertz CT molecular complexity index is 255. The highest BCUT2D eigenvalue weighted by Gasteiger charge is 2.13. The molecule has 0 radical (unpaired) electrons. The van der Waals surface area contributed by atoms with E-state index < -0.39 is 0 Å². The molecule has 52 valence electrons. The van der Waals surface area contributed by atoms with Crippen LogP contribution in [0.25, 0.3) is 0 Å². The predicted molar refractivity (Wildman–Crippen MR) is 38.8 cm³/mol. The fourth-order valence-electron chi connectivity index (χ4n) is 1.52. The van der Waals surface area contributed by atoms with Crippen molar-refractivity contribution in [3.05, 3.63) is 23.3 Å². The zero-order chi connectivity index (χ0) is 6.97. The van der Waals surface area contributed by atoms with Gasteiger partial charge in [0.05, 0.1) is 0 Å². The van der Waals surface area contributed by atoms with Crippen LogP contribution >= 0.6 is 0 Å². The van der Waals surface area contributed by atoms with Gasteiger partial charge in [0.25, 0.3) is 0 Å². The average Bonchev–Trinajstić information content (AvgIpc) is 2.36. The Morgan fingerprint density at radius 3 is 3.00 bits per heavy atom. The number of nitrogens with zero attached hydrogens (tertiary/aromatic N) is 2. The zero-order valence-electron chi connectivity index (χ0n) is 6.09. The Kier molecular flexibility index (Phi) is 1.19. The average molecular weight is 134 g/mol. The van der Waals surface area contributed by atoms with E-state index in [1.54, 1.807) is 6.33 Å². The van der Waals surface area contributed by atoms with Gasteiger partial charge in [0, 0.05) is 11.4 Å². The van der Waals surface area contributed by atoms with Crippen LogP contribution in [-0.4, -0.2) is 9.97 Å². The first kappa shape index (κ1) is 5.83. The summed E-state index contributed by atoms with van der Waals surface area (Å²) in [6, 6.07) is 0. The predicted octanol–water partition coefficient (Wildman–Crippen LogP) is 1.27. The molecule has 10 heavy (non-hydrogen) atoms. The molecule has 0 spiro atoms. The van der Waals surface area contributed by atoms with Crippen LogP contribution < -0.4 is 0 Å². The largest absolute Gasteiger partial charge is 0.241 e. The van der Waals surface area contributed by atoms with Crippen LogP contribution in [0.5, 0.6) is 0 Å². The molecular formula is C8H10N2. The van der Waals surface area contributed by atoms with E-state index in [9.17, 15) is 0 Å². The fraction of sp³-hybridized carbons (Fsp3) is 0.500. The minimum absolute atomic E-state index is 1.15. The number of fused-ring (bicyclic) bond motifs is 1. The van der Waals surface area contributed by atoms with Gasteiger partial charge in [0.1, 0.15) is 6.33 Å². The lowest BCUT2D eigenvalue weighted by Gasteiger charge is -1.98. The van der Waals surface area contributed by atoms with Crippen molar-refractivity contribution in [2.45, 2.75) is 26.2 Å². The molecule has 1 aliphatic rings. The summed E-state index contributed by atoms with van der Waals surface area (Å²) in [5.74, 6) is 0. The molecular weight excluding hydrogens is 124 g/mol. The summed E-state index contributed by atoms with van der Waals surface area (Å²) >= 11 is 0. The Morgan fingerprint density at radius 1 is 1.30 bits per heavy atom. The van der Waals surface area contributed by atoms with E-state index in [1.165, 1.54) is 29.8 Å². The first-order valence-corrected chi connectivity index (χ1v) is 3.67. The summed E-state index contributed by atoms with van der Waals surface area (Å²) in [4.78, 5) is 8.35. The van der Waals surface area contributed by atoms with Gasteiger partial charge >= 0.3 is 0 Å². The smallest absolute Gasteiger partial charge is 0.115 e. The molecule has 2 heteroatoms. The van der Waals surface area contributed by atoms with Gasteiger partial charge in [-0.3, -0.25) is 0 Å². The summed E-state index contributed by atoms with van der Waals surface area (Å²) in [5, 5.41) is 0. The lowest BCUT2D eigenvalue weighted by molar-refractivity contribution is 0.898. The van der Waals surface area contributed by atoms with Gasteiger partial charge in [-0.1, -0.05) is 0 Å². The van der Waals surface area contributed by atoms with Gasteiger partial charge < -0.3 is 0 Å². The fourth-order valence-corrected chi connectivity index (χ4v) is 1.52. The molecule has 0 amide bonds. The monoisotopic (exact) mass is 134 g/mol. The first-order valence-electron chi connectivity index (χ1n) is 3.67. The van der Waals surface area contributed by atoms with E-state index in [2.05, 4.69) is 16.9 Å². The van der Waals surface area contributed by atoms with Crippen molar-refractivity contribution < 1.29 is 0 Å². The molecule has 0 bridgehead atoms. The lowest BCUT2D eigenvalue weighted by atomic mass is 10.2. The standard InChI is InChI=1S/C8H10N2/c1-6-7-3-2-4-8(7)10-5-9-6/h5H,2-4H2,1H3. The third-order valence-corrected chi connectivity index (χ3v) is 2.09. The van der Waals surface area contributed by atoms with Crippen molar-refractivity contribution in [1.29, 1.82) is 0 Å². The number of hydrogen-bond donors (Lipinski definition) is 0. The lowest BCUT2D eigenvalue weighted by Crippen LogP contribution is -1.93. The molecule has 0 aromatic carbocycles. The molecule has 1 aromatic heterocycles. The van der Waals surface area contributed by atoms with Gasteiger partial charge in [-0.15, -0.1) is 0 Å². The Hall–Kier alpha value is -0.920. The maximum atomic E-state index is 4.21. The summed E-state index contributed by atoms with van der Waals surface area (Å²) in [5.41, 5.74) is 3.83. The molecule has 0 saturated heterocycles. The van der Waals surface area contributed by atoms with E-state index in [-0.39, 0.29) is 0 Å². The van der Waals surface area contributed by atoms with Gasteiger partial charge in [0.15, 0.2) is 0 Å². The molecule has 0 saturated carbocycles. The molecule has 1 aromatic rings. The molecule has 2 nitrogen and oxygen atoms in total. The van der Waals surface area contributed by atoms with Crippen molar-refractivity contribution in [3.63, 3.8) is 0 Å². The van der Waals surface area contributed by atoms with Crippen LogP contribution in [0.1, 0.15) is 23.4 Å². The molecule has 1 heterocycles. The summed E-state index contributed by atoms with van der Waals surface area (Å²) < 4.78 is 0. The molecule has 0 unspecified atom stereocenters. The van der Waals surface area contributed by atoms with E-state index in [1.807, 2.05) is 0 Å². The van der Waals surface area contributed by atoms with Crippen molar-refractivity contribution in [2.75, 3.05) is 0 Å². The van der Waals surface area contributed by atoms with Crippen LogP contribution in [-0.2, 0) is 12.8 Å². The van der Waals surface area contributed by atoms with Crippen molar-refractivity contribution in [3.8, 4) is 0 Å². The Labute approximate surface area is 60.3 Å². The van der Waals surface area contributed by atoms with Crippen LogP contribution in [0.15, 0.2) is 6.33 Å². The van der Waals surface area contributed by atoms with Gasteiger partial charge in [0.2, 0.25) is 0 Å². The second-order valence-electron chi connectivity index (χ2n) is 2.74. The van der Waals surface area contributed by atoms with Crippen LogP contribution in [0, 0.1) is 6.92 Å². The molecule has 0 aliphatic heterocycles. The number of aryl methyl sites for hydroxylation is 2. The van der Waals surface area contributed by atoms with Gasteiger partial charge in [-0.2, -0.15) is 0 Å². The Morgan fingerprint density at radius 2 is 2.20 bits per heavy atom. The minimum Gasteiger partial charge on any atom is -0.241 e. The normalized spacial score (nSPS) is 15.3. The van der Waals surface area contributed by atoms with Crippen LogP contribution in [0.4, 0.5) is 0 Å². The zero-order valence-corrected chi connectivity index (χ0v) is 6.09. The van der Waals surface area contributed by atoms with Crippen molar-refractivity contribution in [1.82, 2.24) is 9.97 Å². The number of rotatable bonds is 0. The highest BCUT2D eigenvalue weighted by Crippen LogP contribution is 2.20. The number of aromatic nitrogens is 2. The molecule has 0 fully saturated rings. The minimum atomic E-state index is 1.15. The van der Waals surface area contributed by atoms with Crippen molar-refractivity contribution >= 4 is 0 Å². The molecule has 2 rings (SSSR count). The summed E-state index contributed by atoms with van der Waals surface area (Å²) in [7, 11) is 0. The third-order valence-electron chi connectivity index (χ3n) is 2.09. The summed E-state index contributed by atoms with van der Waals surface area (Å²) in [6.07, 6.45) is 5.26. The highest BCUT2D eigenvalue weighted by molar-refractivity contribution is 5.27. The maximum absolute atomic E-state index is 4.21. The molecule has 1 aliphatic carbocycles. The van der Waals surface area contributed by atoms with E-state index >= 15 is 0 Å². The second-order valence-corrected chi connectivity index (χ2v) is 2.74. The van der Waals surface area contributed by atoms with E-state index in [0.717, 1.165) is 6.42 Å². The van der Waals surface area contributed by atoms with E-state index in [0.29, 0.717) is 0 Å². The van der Waals surface area contributed by atoms with Crippen LogP contribution in [0.3, 0.4) is 0 Å². The first-order chi connectivity index (χ1) is 4.88. The second kappa shape index (κ2) is 2.04. The molecule has 0 atom stereocenters. The Balaban J connectivity index is 2.59. The van der Waals surface area contributed by atoms with Crippen LogP contribution in [0.2, 0.25) is 0 Å². The number of hydrogen-bond acceptors (Lipinski definition) is 2. The third kappa shape index (κ3) is 0.719. The topological polar surface area (TPSA) is 25.8 Å². The maximum Gasteiger partial charge on any atom is 0.115 e. The highest BCUT2D eigenvalue weighted by atomic mass is 14.8. The van der Waals surface area contributed by atoms with Crippen molar-refractivity contribution in [2.24, 2.45) is 0 Å².